The van der Waals surface area contributed by atoms with Crippen LogP contribution in [-0.4, -0.2) is 12.2 Å². The zero-order chi connectivity index (χ0) is 12.3. The van der Waals surface area contributed by atoms with Gasteiger partial charge < -0.3 is 9.84 Å². The van der Waals surface area contributed by atoms with Crippen LogP contribution < -0.4 is 4.74 Å². The van der Waals surface area contributed by atoms with Gasteiger partial charge in [0.2, 0.25) is 0 Å². The van der Waals surface area contributed by atoms with Gasteiger partial charge in [-0.15, -0.1) is 0 Å². The van der Waals surface area contributed by atoms with Crippen molar-refractivity contribution in [3.8, 4) is 5.75 Å². The van der Waals surface area contributed by atoms with E-state index in [0.717, 1.165) is 29.7 Å². The van der Waals surface area contributed by atoms with E-state index >= 15 is 0 Å². The highest BCUT2D eigenvalue weighted by Gasteiger charge is 2.25. The lowest BCUT2D eigenvalue weighted by atomic mass is 10.0. The minimum atomic E-state index is -0.355. The second-order valence-electron chi connectivity index (χ2n) is 3.64. The van der Waals surface area contributed by atoms with Crippen molar-refractivity contribution in [2.45, 2.75) is 39.7 Å². The van der Waals surface area contributed by atoms with E-state index in [1.54, 1.807) is 7.11 Å². The van der Waals surface area contributed by atoms with E-state index in [4.69, 9.17) is 16.3 Å². The fraction of sp³-hybridized carbons (Fsp3) is 0.538. The summed E-state index contributed by atoms with van der Waals surface area (Å²) in [6, 6.07) is 1.82. The van der Waals surface area contributed by atoms with Crippen molar-refractivity contribution in [3.63, 3.8) is 0 Å². The Balaban J connectivity index is 0.000000606. The average molecular weight is 243 g/mol. The van der Waals surface area contributed by atoms with Gasteiger partial charge in [-0.25, -0.2) is 0 Å². The Morgan fingerprint density at radius 1 is 1.44 bits per heavy atom. The molecule has 0 spiro atoms. The van der Waals surface area contributed by atoms with E-state index in [1.165, 1.54) is 5.56 Å². The average Bonchev–Trinajstić information content (AvgIpc) is 2.64. The first-order valence-electron chi connectivity index (χ1n) is 5.69. The summed E-state index contributed by atoms with van der Waals surface area (Å²) in [6.45, 7) is 5.99. The monoisotopic (exact) mass is 242 g/mol. The number of benzene rings is 1. The summed E-state index contributed by atoms with van der Waals surface area (Å²) in [5.41, 5.74) is 3.22. The van der Waals surface area contributed by atoms with E-state index in [0.29, 0.717) is 5.02 Å². The molecule has 0 aromatic heterocycles. The third kappa shape index (κ3) is 2.18. The first kappa shape index (κ1) is 13.3. The second kappa shape index (κ2) is 5.55. The van der Waals surface area contributed by atoms with Gasteiger partial charge in [-0.05, 0) is 42.5 Å². The van der Waals surface area contributed by atoms with E-state index in [2.05, 4.69) is 0 Å². The van der Waals surface area contributed by atoms with Gasteiger partial charge in [-0.3, -0.25) is 0 Å². The maximum Gasteiger partial charge on any atom is 0.140 e. The zero-order valence-corrected chi connectivity index (χ0v) is 11.1. The molecule has 1 atom stereocenters. The van der Waals surface area contributed by atoms with Gasteiger partial charge in [0, 0.05) is 0 Å². The smallest absolute Gasteiger partial charge is 0.140 e. The van der Waals surface area contributed by atoms with Crippen molar-refractivity contribution in [1.29, 1.82) is 0 Å². The maximum atomic E-state index is 9.69. The van der Waals surface area contributed by atoms with Crippen LogP contribution in [0.5, 0.6) is 5.75 Å². The van der Waals surface area contributed by atoms with Crippen molar-refractivity contribution in [1.82, 2.24) is 0 Å². The Hall–Kier alpha value is -0.730. The number of methoxy groups -OCH3 is 1. The molecule has 0 fully saturated rings. The van der Waals surface area contributed by atoms with Crippen molar-refractivity contribution in [2.24, 2.45) is 0 Å². The number of halogens is 1. The number of ether oxygens (including phenoxy) is 1. The molecular formula is C13H19ClO2. The predicted molar refractivity (Wildman–Crippen MR) is 67.4 cm³/mol. The van der Waals surface area contributed by atoms with Crippen molar-refractivity contribution < 1.29 is 9.84 Å². The van der Waals surface area contributed by atoms with Gasteiger partial charge in [-0.2, -0.15) is 0 Å². The highest BCUT2D eigenvalue weighted by atomic mass is 35.5. The Morgan fingerprint density at radius 3 is 2.62 bits per heavy atom. The fourth-order valence-electron chi connectivity index (χ4n) is 2.14. The minimum Gasteiger partial charge on any atom is -0.495 e. The van der Waals surface area contributed by atoms with Crippen LogP contribution in [0.4, 0.5) is 0 Å². The first-order valence-corrected chi connectivity index (χ1v) is 6.07. The predicted octanol–water partition coefficient (Wildman–Crippen LogP) is 3.66. The Morgan fingerprint density at radius 2 is 2.06 bits per heavy atom. The fourth-order valence-corrected chi connectivity index (χ4v) is 2.47. The highest BCUT2D eigenvalue weighted by Crippen LogP contribution is 2.41. The molecule has 3 heteroatoms. The van der Waals surface area contributed by atoms with Crippen molar-refractivity contribution in [2.75, 3.05) is 7.11 Å². The summed E-state index contributed by atoms with van der Waals surface area (Å²) >= 11 is 6.04. The molecule has 0 bridgehead atoms. The molecule has 0 radical (unpaired) electrons. The molecule has 2 nitrogen and oxygen atoms in total. The number of aliphatic hydroxyl groups excluding tert-OH is 1. The largest absolute Gasteiger partial charge is 0.495 e. The van der Waals surface area contributed by atoms with Gasteiger partial charge in [0.25, 0.3) is 0 Å². The summed E-state index contributed by atoms with van der Waals surface area (Å²) in [5, 5.41) is 10.3. The van der Waals surface area contributed by atoms with Gasteiger partial charge in [0.05, 0.1) is 18.2 Å². The van der Waals surface area contributed by atoms with Crippen LogP contribution in [0, 0.1) is 6.92 Å². The summed E-state index contributed by atoms with van der Waals surface area (Å²) in [5.74, 6) is 0.736. The molecule has 0 saturated heterocycles. The third-order valence-corrected chi connectivity index (χ3v) is 3.15. The summed E-state index contributed by atoms with van der Waals surface area (Å²) in [7, 11) is 1.62. The van der Waals surface area contributed by atoms with Crippen LogP contribution in [0.25, 0.3) is 0 Å². The molecule has 0 heterocycles. The Bertz CT molecular complexity index is 375. The Labute approximate surface area is 102 Å². The van der Waals surface area contributed by atoms with E-state index in [-0.39, 0.29) is 6.10 Å². The zero-order valence-electron chi connectivity index (χ0n) is 10.3. The number of rotatable bonds is 1. The van der Waals surface area contributed by atoms with Gasteiger partial charge in [0.15, 0.2) is 0 Å². The quantitative estimate of drug-likeness (QED) is 0.814. The number of hydrogen-bond acceptors (Lipinski definition) is 2. The number of fused-ring (bicyclic) bond motifs is 1. The highest BCUT2D eigenvalue weighted by molar-refractivity contribution is 6.32. The Kier molecular flexibility index (Phi) is 4.63. The van der Waals surface area contributed by atoms with E-state index in [1.807, 2.05) is 26.8 Å². The summed E-state index contributed by atoms with van der Waals surface area (Å²) < 4.78 is 5.22. The molecule has 0 saturated carbocycles. The lowest BCUT2D eigenvalue weighted by Gasteiger charge is -2.12. The molecule has 1 N–H and O–H groups in total. The van der Waals surface area contributed by atoms with Gasteiger partial charge in [0.1, 0.15) is 5.75 Å². The van der Waals surface area contributed by atoms with E-state index < -0.39 is 0 Å². The lowest BCUT2D eigenvalue weighted by molar-refractivity contribution is 0.180. The molecule has 0 aliphatic heterocycles. The maximum absolute atomic E-state index is 9.69. The third-order valence-electron chi connectivity index (χ3n) is 2.87. The molecule has 1 aliphatic rings. The van der Waals surface area contributed by atoms with Crippen LogP contribution in [0.15, 0.2) is 6.07 Å². The number of aliphatic hydroxyl groups is 1. The van der Waals surface area contributed by atoms with Crippen molar-refractivity contribution >= 4 is 11.6 Å². The molecular weight excluding hydrogens is 224 g/mol. The van der Waals surface area contributed by atoms with Crippen LogP contribution in [0.3, 0.4) is 0 Å². The molecule has 1 aromatic carbocycles. The molecule has 0 amide bonds. The molecule has 2 rings (SSSR count). The lowest BCUT2D eigenvalue weighted by Crippen LogP contribution is -1.96. The summed E-state index contributed by atoms with van der Waals surface area (Å²) in [6.07, 6.45) is 1.35. The topological polar surface area (TPSA) is 29.5 Å². The number of hydrogen-bond donors (Lipinski definition) is 1. The van der Waals surface area contributed by atoms with Crippen LogP contribution in [0.2, 0.25) is 5.02 Å². The summed E-state index contributed by atoms with van der Waals surface area (Å²) in [4.78, 5) is 0. The van der Waals surface area contributed by atoms with Crippen LogP contribution >= 0.6 is 11.6 Å². The second-order valence-corrected chi connectivity index (χ2v) is 4.05. The first-order chi connectivity index (χ1) is 7.65. The van der Waals surface area contributed by atoms with Crippen LogP contribution in [-0.2, 0) is 6.42 Å². The normalized spacial score (nSPS) is 17.5. The van der Waals surface area contributed by atoms with Crippen molar-refractivity contribution in [3.05, 3.63) is 27.8 Å². The standard InChI is InChI=1S/C11H13ClO2.C2H6/c1-6-7-3-4-10(13)8(7)5-9(12)11(6)14-2;1-2/h5,10,13H,3-4H2,1-2H3;1-2H3. The van der Waals surface area contributed by atoms with Crippen LogP contribution in [0.1, 0.15) is 43.1 Å². The SMILES string of the molecule is CC.COc1c(Cl)cc2c(c1C)CCC2O. The van der Waals surface area contributed by atoms with Gasteiger partial charge >= 0.3 is 0 Å². The van der Waals surface area contributed by atoms with Gasteiger partial charge in [-0.1, -0.05) is 25.4 Å². The molecule has 1 aromatic rings. The molecule has 1 unspecified atom stereocenters. The molecule has 16 heavy (non-hydrogen) atoms. The van der Waals surface area contributed by atoms with E-state index in [9.17, 15) is 5.11 Å². The minimum absolute atomic E-state index is 0.355. The molecule has 90 valence electrons. The molecule has 1 aliphatic carbocycles.